The van der Waals surface area contributed by atoms with Crippen LogP contribution in [0.2, 0.25) is 5.02 Å². The number of hydrogen-bond acceptors (Lipinski definition) is 3. The fraction of sp³-hybridized carbons (Fsp3) is 0.200. The largest absolute Gasteiger partial charge is 0.386 e. The number of nitrogens with one attached hydrogen (secondary N) is 1. The van der Waals surface area contributed by atoms with Crippen molar-refractivity contribution in [3.8, 4) is 0 Å². The van der Waals surface area contributed by atoms with Crippen LogP contribution in [0.1, 0.15) is 17.4 Å². The summed E-state index contributed by atoms with van der Waals surface area (Å²) in [7, 11) is 0. The Morgan fingerprint density at radius 2 is 2.33 bits per heavy atom. The van der Waals surface area contributed by atoms with Gasteiger partial charge in [-0.3, -0.25) is 0 Å². The van der Waals surface area contributed by atoms with Gasteiger partial charge in [0.05, 0.1) is 6.20 Å². The van der Waals surface area contributed by atoms with Crippen LogP contribution in [-0.4, -0.2) is 20.5 Å². The lowest BCUT2D eigenvalue weighted by molar-refractivity contribution is 0.173. The van der Waals surface area contributed by atoms with Gasteiger partial charge >= 0.3 is 0 Å². The molecule has 1 heterocycles. The van der Waals surface area contributed by atoms with Gasteiger partial charge in [0.15, 0.2) is 0 Å². The summed E-state index contributed by atoms with van der Waals surface area (Å²) in [6.07, 6.45) is 1.34. The average Bonchev–Trinajstić information content (AvgIpc) is 2.70. The first kappa shape index (κ1) is 10.1. The van der Waals surface area contributed by atoms with Gasteiger partial charge in [-0.05, 0) is 17.7 Å². The Balaban J connectivity index is 2.09. The van der Waals surface area contributed by atoms with Crippen LogP contribution < -0.4 is 0 Å². The van der Waals surface area contributed by atoms with Gasteiger partial charge in [-0.1, -0.05) is 23.7 Å². The molecular formula is C10H10ClN3O. The van der Waals surface area contributed by atoms with E-state index in [0.717, 1.165) is 5.56 Å². The summed E-state index contributed by atoms with van der Waals surface area (Å²) in [5.74, 6) is 0. The molecule has 0 aliphatic rings. The first-order valence-electron chi connectivity index (χ1n) is 4.54. The third kappa shape index (κ3) is 2.55. The van der Waals surface area contributed by atoms with Crippen molar-refractivity contribution >= 4 is 11.6 Å². The Morgan fingerprint density at radius 3 is 3.00 bits per heavy atom. The highest BCUT2D eigenvalue weighted by Gasteiger charge is 2.11. The highest BCUT2D eigenvalue weighted by molar-refractivity contribution is 6.30. The number of H-pyrrole nitrogens is 1. The maximum Gasteiger partial charge on any atom is 0.111 e. The Morgan fingerprint density at radius 1 is 1.47 bits per heavy atom. The predicted molar refractivity (Wildman–Crippen MR) is 56.5 cm³/mol. The van der Waals surface area contributed by atoms with Gasteiger partial charge in [0.2, 0.25) is 0 Å². The van der Waals surface area contributed by atoms with E-state index < -0.39 is 6.10 Å². The van der Waals surface area contributed by atoms with Crippen LogP contribution >= 0.6 is 11.6 Å². The van der Waals surface area contributed by atoms with Gasteiger partial charge in [-0.15, -0.1) is 0 Å². The Kier molecular flexibility index (Phi) is 2.99. The smallest absolute Gasteiger partial charge is 0.111 e. The highest BCUT2D eigenvalue weighted by atomic mass is 35.5. The molecule has 4 nitrogen and oxygen atoms in total. The predicted octanol–water partition coefficient (Wildman–Crippen LogP) is 1.73. The summed E-state index contributed by atoms with van der Waals surface area (Å²) < 4.78 is 0. The molecular weight excluding hydrogens is 214 g/mol. The van der Waals surface area contributed by atoms with Crippen LogP contribution in [0.5, 0.6) is 0 Å². The zero-order valence-corrected chi connectivity index (χ0v) is 8.65. The van der Waals surface area contributed by atoms with Crippen LogP contribution in [0.3, 0.4) is 0 Å². The first-order chi connectivity index (χ1) is 7.25. The molecule has 0 bridgehead atoms. The fourth-order valence-corrected chi connectivity index (χ4v) is 1.58. The molecule has 0 radical (unpaired) electrons. The molecule has 5 heteroatoms. The molecule has 0 aliphatic heterocycles. The molecule has 2 N–H and O–H groups in total. The van der Waals surface area contributed by atoms with E-state index in [-0.39, 0.29) is 0 Å². The number of rotatable bonds is 3. The molecule has 0 spiro atoms. The van der Waals surface area contributed by atoms with Crippen molar-refractivity contribution in [1.82, 2.24) is 15.4 Å². The molecule has 1 aromatic heterocycles. The van der Waals surface area contributed by atoms with Gasteiger partial charge in [0.25, 0.3) is 0 Å². The molecule has 0 saturated heterocycles. The molecule has 0 fully saturated rings. The lowest BCUT2D eigenvalue weighted by Gasteiger charge is -2.06. The third-order valence-electron chi connectivity index (χ3n) is 2.09. The average molecular weight is 224 g/mol. The molecule has 2 aromatic rings. The molecule has 1 atom stereocenters. The molecule has 2 rings (SSSR count). The van der Waals surface area contributed by atoms with E-state index in [2.05, 4.69) is 15.4 Å². The summed E-state index contributed by atoms with van der Waals surface area (Å²) in [6, 6.07) is 7.39. The van der Waals surface area contributed by atoms with Crippen molar-refractivity contribution < 1.29 is 5.11 Å². The SMILES string of the molecule is OC(Cc1cccc(Cl)c1)c1cn[nH]n1. The van der Waals surface area contributed by atoms with E-state index >= 15 is 0 Å². The number of halogens is 1. The summed E-state index contributed by atoms with van der Waals surface area (Å²) in [5.41, 5.74) is 1.51. The van der Waals surface area contributed by atoms with Crippen molar-refractivity contribution in [2.45, 2.75) is 12.5 Å². The monoisotopic (exact) mass is 223 g/mol. The number of aromatic amines is 1. The maximum atomic E-state index is 9.79. The van der Waals surface area contributed by atoms with E-state index in [1.165, 1.54) is 6.20 Å². The molecule has 0 amide bonds. The van der Waals surface area contributed by atoms with Crippen molar-refractivity contribution in [1.29, 1.82) is 0 Å². The van der Waals surface area contributed by atoms with Crippen molar-refractivity contribution in [2.75, 3.05) is 0 Å². The number of nitrogens with zero attached hydrogens (tertiary/aromatic N) is 2. The van der Waals surface area contributed by atoms with Crippen LogP contribution in [0.15, 0.2) is 30.5 Å². The Hall–Kier alpha value is -1.39. The minimum atomic E-state index is -0.651. The lowest BCUT2D eigenvalue weighted by Crippen LogP contribution is -2.02. The quantitative estimate of drug-likeness (QED) is 0.833. The number of aliphatic hydroxyl groups excluding tert-OH is 1. The topological polar surface area (TPSA) is 61.8 Å². The second kappa shape index (κ2) is 4.42. The first-order valence-corrected chi connectivity index (χ1v) is 4.91. The second-order valence-electron chi connectivity index (χ2n) is 3.24. The van der Waals surface area contributed by atoms with Gasteiger partial charge in [-0.25, -0.2) is 0 Å². The van der Waals surface area contributed by atoms with Crippen LogP contribution in [0, 0.1) is 0 Å². The van der Waals surface area contributed by atoms with Crippen molar-refractivity contribution in [3.05, 3.63) is 46.7 Å². The summed E-state index contributed by atoms with van der Waals surface area (Å²) in [4.78, 5) is 0. The Bertz CT molecular complexity index is 430. The maximum absolute atomic E-state index is 9.79. The van der Waals surface area contributed by atoms with Gasteiger partial charge in [0.1, 0.15) is 11.8 Å². The van der Waals surface area contributed by atoms with Crippen molar-refractivity contribution in [3.63, 3.8) is 0 Å². The van der Waals surface area contributed by atoms with Gasteiger partial charge < -0.3 is 5.11 Å². The highest BCUT2D eigenvalue weighted by Crippen LogP contribution is 2.17. The third-order valence-corrected chi connectivity index (χ3v) is 2.33. The molecule has 0 aliphatic carbocycles. The van der Waals surface area contributed by atoms with E-state index in [0.29, 0.717) is 17.1 Å². The lowest BCUT2D eigenvalue weighted by atomic mass is 10.1. The van der Waals surface area contributed by atoms with Gasteiger partial charge in [0, 0.05) is 11.4 Å². The second-order valence-corrected chi connectivity index (χ2v) is 3.68. The number of aromatic nitrogens is 3. The number of aliphatic hydroxyl groups is 1. The zero-order valence-electron chi connectivity index (χ0n) is 7.89. The van der Waals surface area contributed by atoms with E-state index in [1.54, 1.807) is 6.07 Å². The minimum absolute atomic E-state index is 0.479. The normalized spacial score (nSPS) is 12.7. The standard InChI is InChI=1S/C10H10ClN3O/c11-8-3-1-2-7(4-8)5-10(15)9-6-12-14-13-9/h1-4,6,10,15H,5H2,(H,12,13,14). The van der Waals surface area contributed by atoms with Crippen LogP contribution in [0.4, 0.5) is 0 Å². The van der Waals surface area contributed by atoms with Crippen LogP contribution in [-0.2, 0) is 6.42 Å². The number of benzene rings is 1. The van der Waals surface area contributed by atoms with Crippen LogP contribution in [0.25, 0.3) is 0 Å². The van der Waals surface area contributed by atoms with E-state index in [9.17, 15) is 5.11 Å². The Labute approximate surface area is 91.9 Å². The molecule has 78 valence electrons. The zero-order chi connectivity index (χ0) is 10.7. The molecule has 15 heavy (non-hydrogen) atoms. The number of hydrogen-bond donors (Lipinski definition) is 2. The van der Waals surface area contributed by atoms with Gasteiger partial charge in [-0.2, -0.15) is 15.4 Å². The summed E-state index contributed by atoms with van der Waals surface area (Å²) >= 11 is 5.84. The minimum Gasteiger partial charge on any atom is -0.386 e. The molecule has 1 unspecified atom stereocenters. The van der Waals surface area contributed by atoms with Crippen molar-refractivity contribution in [2.24, 2.45) is 0 Å². The van der Waals surface area contributed by atoms with E-state index in [4.69, 9.17) is 11.6 Å². The molecule has 0 saturated carbocycles. The summed E-state index contributed by atoms with van der Waals surface area (Å²) in [5, 5.41) is 20.4. The fourth-order valence-electron chi connectivity index (χ4n) is 1.36. The molecule has 1 aromatic carbocycles. The van der Waals surface area contributed by atoms with E-state index in [1.807, 2.05) is 18.2 Å². The summed E-state index contributed by atoms with van der Waals surface area (Å²) in [6.45, 7) is 0.